The molecule has 0 bridgehead atoms. The number of hydrogen-bond acceptors (Lipinski definition) is 4. The summed E-state index contributed by atoms with van der Waals surface area (Å²) in [6.07, 6.45) is 10.8. The van der Waals surface area contributed by atoms with Crippen LogP contribution in [-0.2, 0) is 17.8 Å². The normalized spacial score (nSPS) is 14.6. The van der Waals surface area contributed by atoms with E-state index in [1.54, 1.807) is 30.9 Å². The summed E-state index contributed by atoms with van der Waals surface area (Å²) in [6.45, 7) is 13.0. The fourth-order valence-electron chi connectivity index (χ4n) is 5.01. The molecule has 0 radical (unpaired) electrons. The molecular formula is C35H44FN3O3. The van der Waals surface area contributed by atoms with E-state index in [0.717, 1.165) is 34.4 Å². The van der Waals surface area contributed by atoms with Crippen LogP contribution >= 0.6 is 0 Å². The molecule has 1 aliphatic rings. The first kappa shape index (κ1) is 34.1. The summed E-state index contributed by atoms with van der Waals surface area (Å²) in [4.78, 5) is 29.7. The molecule has 0 saturated heterocycles. The number of carbonyl (C=O) groups excluding carboxylic acids is 2. The van der Waals surface area contributed by atoms with Crippen molar-refractivity contribution >= 4 is 11.7 Å². The maximum Gasteiger partial charge on any atom is 0.270 e. The number of nitrogens with zero attached hydrogens (tertiary/aromatic N) is 1. The van der Waals surface area contributed by atoms with E-state index in [-0.39, 0.29) is 29.0 Å². The van der Waals surface area contributed by atoms with Gasteiger partial charge in [-0.3, -0.25) is 9.59 Å². The lowest BCUT2D eigenvalue weighted by Gasteiger charge is -2.42. The minimum absolute atomic E-state index is 0.0573. The molecule has 2 aromatic carbocycles. The van der Waals surface area contributed by atoms with Crippen LogP contribution < -0.4 is 5.32 Å². The molecule has 224 valence electrons. The highest BCUT2D eigenvalue weighted by Crippen LogP contribution is 2.35. The number of H-pyrrole nitrogens is 1. The third-order valence-corrected chi connectivity index (χ3v) is 7.03. The number of Topliss-reactive ketones (excluding diaryl/α,β-unsaturated/α-hetero) is 1. The van der Waals surface area contributed by atoms with Gasteiger partial charge in [0.1, 0.15) is 17.3 Å². The number of benzene rings is 2. The molecule has 3 N–H and O–H groups in total. The molecule has 0 spiro atoms. The van der Waals surface area contributed by atoms with Crippen LogP contribution in [0.15, 0.2) is 72.1 Å². The zero-order valence-electron chi connectivity index (χ0n) is 25.6. The Hall–Kier alpha value is -4.15. The summed E-state index contributed by atoms with van der Waals surface area (Å²) in [6, 6.07) is 16.3. The van der Waals surface area contributed by atoms with Crippen molar-refractivity contribution < 1.29 is 19.1 Å². The van der Waals surface area contributed by atoms with E-state index in [1.807, 2.05) is 37.4 Å². The topological polar surface area (TPSA) is 85.4 Å². The Morgan fingerprint density at radius 1 is 1.12 bits per heavy atom. The Labute approximate surface area is 250 Å². The summed E-state index contributed by atoms with van der Waals surface area (Å²) in [5.74, 6) is -0.274. The number of carbonyl (C=O) groups is 2. The summed E-state index contributed by atoms with van der Waals surface area (Å²) in [5, 5.41) is 12.7. The Morgan fingerprint density at radius 2 is 1.79 bits per heavy atom. The number of aliphatic hydroxyl groups is 1. The van der Waals surface area contributed by atoms with Crippen LogP contribution in [0.3, 0.4) is 0 Å². The van der Waals surface area contributed by atoms with E-state index in [4.69, 9.17) is 0 Å². The fraction of sp³-hybridized carbons (Fsp3) is 0.371. The molecule has 1 atom stereocenters. The largest absolute Gasteiger partial charge is 0.389 e. The Bertz CT molecular complexity index is 1380. The van der Waals surface area contributed by atoms with Crippen molar-refractivity contribution in [2.45, 2.75) is 67.0 Å². The van der Waals surface area contributed by atoms with Crippen molar-refractivity contribution in [2.24, 2.45) is 5.41 Å². The molecule has 6 nitrogen and oxygen atoms in total. The molecule has 1 amide bonds. The number of aromatic nitrogens is 1. The lowest BCUT2D eigenvalue weighted by Crippen LogP contribution is -2.48. The van der Waals surface area contributed by atoms with Gasteiger partial charge in [0.15, 0.2) is 0 Å². The highest BCUT2D eigenvalue weighted by atomic mass is 19.1. The van der Waals surface area contributed by atoms with Crippen LogP contribution in [-0.4, -0.2) is 39.8 Å². The smallest absolute Gasteiger partial charge is 0.270 e. The monoisotopic (exact) mass is 573 g/mol. The lowest BCUT2D eigenvalue weighted by atomic mass is 9.81. The first-order valence-electron chi connectivity index (χ1n) is 14.1. The zero-order valence-corrected chi connectivity index (χ0v) is 25.6. The molecule has 42 heavy (non-hydrogen) atoms. The molecule has 1 unspecified atom stereocenters. The van der Waals surface area contributed by atoms with Crippen molar-refractivity contribution in [1.29, 1.82) is 0 Å². The van der Waals surface area contributed by atoms with E-state index in [0.29, 0.717) is 31.7 Å². The van der Waals surface area contributed by atoms with Gasteiger partial charge in [-0.15, -0.1) is 12.8 Å². The molecule has 2 heterocycles. The van der Waals surface area contributed by atoms with Crippen molar-refractivity contribution in [3.05, 3.63) is 106 Å². The average molecular weight is 574 g/mol. The molecule has 0 saturated carbocycles. The van der Waals surface area contributed by atoms with Crippen LogP contribution in [0.5, 0.6) is 0 Å². The molecule has 0 fully saturated rings. The number of aryl methyl sites for hydroxylation is 2. The summed E-state index contributed by atoms with van der Waals surface area (Å²) >= 11 is 0. The molecule has 0 aliphatic carbocycles. The molecule has 7 heteroatoms. The molecular weight excluding hydrogens is 529 g/mol. The number of halogens is 1. The van der Waals surface area contributed by atoms with Crippen LogP contribution in [0.4, 0.5) is 4.39 Å². The molecule has 1 aromatic heterocycles. The maximum atomic E-state index is 13.2. The standard InChI is InChI=1S/C23H28FN3O2.C10H14O.C2H2/c1-15-9-20(25-11-15)22(29)27-13-18(10-16(2)28)21(23(3,4)14-27)26-12-17-5-7-19(24)8-6-17;1-3-9-5-4-6-10(7-9)8(2)11;1-2/h5-9,11,25-26H,10,12-14H2,1-4H3;4-8,11H,3H2,1-2H3;1-2H. The maximum absolute atomic E-state index is 13.2. The van der Waals surface area contributed by atoms with E-state index < -0.39 is 0 Å². The second kappa shape index (κ2) is 15.7. The van der Waals surface area contributed by atoms with Gasteiger partial charge >= 0.3 is 0 Å². The number of rotatable bonds is 8. The van der Waals surface area contributed by atoms with Gasteiger partial charge in [0.05, 0.1) is 6.10 Å². The van der Waals surface area contributed by atoms with Crippen molar-refractivity contribution in [3.63, 3.8) is 0 Å². The quantitative estimate of drug-likeness (QED) is 0.268. The van der Waals surface area contributed by atoms with Gasteiger partial charge in [-0.05, 0) is 73.2 Å². The predicted octanol–water partition coefficient (Wildman–Crippen LogP) is 6.52. The van der Waals surface area contributed by atoms with Crippen molar-refractivity contribution in [3.8, 4) is 12.8 Å². The molecule has 1 aliphatic heterocycles. The SMILES string of the molecule is C#C.CC(=O)CC1=C(NCc2ccc(F)cc2)C(C)(C)CN(C(=O)c2cc(C)c[nH]2)C1.CCc1cccc(C(C)O)c1. The molecule has 4 rings (SSSR count). The first-order chi connectivity index (χ1) is 19.9. The Balaban J connectivity index is 0.000000396. The highest BCUT2D eigenvalue weighted by molar-refractivity contribution is 5.93. The minimum atomic E-state index is -0.347. The predicted molar refractivity (Wildman–Crippen MR) is 167 cm³/mol. The number of aliphatic hydroxyl groups excluding tert-OH is 1. The van der Waals surface area contributed by atoms with Gasteiger partial charge in [0, 0.05) is 43.4 Å². The summed E-state index contributed by atoms with van der Waals surface area (Å²) in [7, 11) is 0. The van der Waals surface area contributed by atoms with Gasteiger partial charge in [-0.2, -0.15) is 0 Å². The van der Waals surface area contributed by atoms with Gasteiger partial charge in [0.2, 0.25) is 0 Å². The highest BCUT2D eigenvalue weighted by Gasteiger charge is 2.36. The number of amides is 1. The zero-order chi connectivity index (χ0) is 31.4. The summed E-state index contributed by atoms with van der Waals surface area (Å²) < 4.78 is 13.2. The van der Waals surface area contributed by atoms with Crippen LogP contribution in [0.25, 0.3) is 0 Å². The van der Waals surface area contributed by atoms with E-state index in [2.05, 4.69) is 50.0 Å². The van der Waals surface area contributed by atoms with Crippen molar-refractivity contribution in [2.75, 3.05) is 13.1 Å². The number of aromatic amines is 1. The first-order valence-corrected chi connectivity index (χ1v) is 14.1. The minimum Gasteiger partial charge on any atom is -0.389 e. The van der Waals surface area contributed by atoms with Gasteiger partial charge < -0.3 is 20.3 Å². The van der Waals surface area contributed by atoms with Crippen LogP contribution in [0.2, 0.25) is 0 Å². The number of ketones is 1. The number of hydrogen-bond donors (Lipinski definition) is 3. The fourth-order valence-corrected chi connectivity index (χ4v) is 5.01. The Kier molecular flexibility index (Phi) is 12.8. The number of nitrogens with one attached hydrogen (secondary N) is 2. The van der Waals surface area contributed by atoms with E-state index >= 15 is 0 Å². The second-order valence-electron chi connectivity index (χ2n) is 11.2. The third kappa shape index (κ3) is 9.74. The van der Waals surface area contributed by atoms with E-state index in [1.165, 1.54) is 17.7 Å². The second-order valence-corrected chi connectivity index (χ2v) is 11.2. The van der Waals surface area contributed by atoms with Crippen LogP contribution in [0.1, 0.15) is 79.9 Å². The lowest BCUT2D eigenvalue weighted by molar-refractivity contribution is -0.116. The van der Waals surface area contributed by atoms with Gasteiger partial charge in [-0.25, -0.2) is 4.39 Å². The van der Waals surface area contributed by atoms with Gasteiger partial charge in [0.25, 0.3) is 5.91 Å². The summed E-state index contributed by atoms with van der Waals surface area (Å²) in [5.41, 5.74) is 6.37. The molecule has 3 aromatic rings. The van der Waals surface area contributed by atoms with Crippen molar-refractivity contribution in [1.82, 2.24) is 15.2 Å². The van der Waals surface area contributed by atoms with Gasteiger partial charge in [-0.1, -0.05) is 57.2 Å². The van der Waals surface area contributed by atoms with E-state index in [9.17, 15) is 19.1 Å². The Morgan fingerprint density at radius 3 is 2.33 bits per heavy atom. The average Bonchev–Trinajstić information content (AvgIpc) is 3.40. The third-order valence-electron chi connectivity index (χ3n) is 7.03. The number of terminal acetylenes is 1. The van der Waals surface area contributed by atoms with Crippen LogP contribution in [0, 0.1) is 31.0 Å².